The molecule has 1 aromatic rings. The molecular weight excluding hydrogens is 762 g/mol. The Bertz CT molecular complexity index is 1630. The number of carbonyl (C=O) groups is 6. The van der Waals surface area contributed by atoms with Gasteiger partial charge in [0.25, 0.3) is 0 Å². The van der Waals surface area contributed by atoms with Gasteiger partial charge in [-0.05, 0) is 80.4 Å². The van der Waals surface area contributed by atoms with E-state index in [1.165, 1.54) is 16.8 Å². The van der Waals surface area contributed by atoms with Crippen molar-refractivity contribution in [2.24, 2.45) is 29.1 Å². The lowest BCUT2D eigenvalue weighted by atomic mass is 9.81. The highest BCUT2D eigenvalue weighted by Gasteiger charge is 2.45. The summed E-state index contributed by atoms with van der Waals surface area (Å²) in [5, 5.41) is 14.8. The molecule has 0 aromatic heterocycles. The van der Waals surface area contributed by atoms with Crippen molar-refractivity contribution in [3.05, 3.63) is 34.9 Å². The van der Waals surface area contributed by atoms with E-state index in [1.54, 1.807) is 55.0 Å². The number of ether oxygens (including phenoxy) is 1. The number of nitrogens with zero attached hydrogens (tertiary/aromatic N) is 4. The Morgan fingerprint density at radius 2 is 1.48 bits per heavy atom. The van der Waals surface area contributed by atoms with Crippen LogP contribution < -0.4 is 5.32 Å². The summed E-state index contributed by atoms with van der Waals surface area (Å²) in [6.45, 7) is 16.1. The molecular formula is C44H68ClN5O8. The lowest BCUT2D eigenvalue weighted by Gasteiger charge is -2.39. The van der Waals surface area contributed by atoms with Crippen LogP contribution in [0.15, 0.2) is 24.3 Å². The molecule has 4 aliphatic heterocycles. The molecule has 2 N–H and O–H groups in total. The summed E-state index contributed by atoms with van der Waals surface area (Å²) in [7, 11) is 3.09. The van der Waals surface area contributed by atoms with Gasteiger partial charge in [0.05, 0.1) is 12.0 Å². The minimum Gasteiger partial charge on any atom is -0.460 e. The van der Waals surface area contributed by atoms with Crippen LogP contribution >= 0.6 is 11.6 Å². The highest BCUT2D eigenvalue weighted by molar-refractivity contribution is 6.30. The van der Waals surface area contributed by atoms with E-state index in [0.29, 0.717) is 69.6 Å². The monoisotopic (exact) mass is 829 g/mol. The fourth-order valence-electron chi connectivity index (χ4n) is 8.53. The second-order valence-corrected chi connectivity index (χ2v) is 18.7. The van der Waals surface area contributed by atoms with E-state index in [1.807, 2.05) is 41.5 Å². The van der Waals surface area contributed by atoms with Gasteiger partial charge in [-0.25, -0.2) is 4.79 Å². The number of aliphatic hydroxyl groups excluding tert-OH is 1. The van der Waals surface area contributed by atoms with Crippen LogP contribution in [0.2, 0.25) is 5.02 Å². The Kier molecular flexibility index (Phi) is 16.2. The smallest absolute Gasteiger partial charge is 0.329 e. The number of benzene rings is 1. The van der Waals surface area contributed by atoms with Crippen LogP contribution in [0.5, 0.6) is 0 Å². The molecule has 4 heterocycles. The fraction of sp³-hybridized carbons (Fsp3) is 0.727. The van der Waals surface area contributed by atoms with E-state index >= 15 is 0 Å². The topological polar surface area (TPSA) is 157 Å². The number of esters is 1. The molecule has 13 nitrogen and oxygen atoms in total. The molecule has 14 heteroatoms. The molecule has 0 aliphatic carbocycles. The largest absolute Gasteiger partial charge is 0.460 e. The quantitative estimate of drug-likeness (QED) is 0.327. The second kappa shape index (κ2) is 20.0. The zero-order chi connectivity index (χ0) is 43.2. The van der Waals surface area contributed by atoms with Gasteiger partial charge in [-0.1, -0.05) is 78.6 Å². The van der Waals surface area contributed by atoms with E-state index in [9.17, 15) is 33.9 Å². The van der Waals surface area contributed by atoms with Gasteiger partial charge in [0.1, 0.15) is 30.3 Å². The van der Waals surface area contributed by atoms with Crippen LogP contribution in [-0.4, -0.2) is 130 Å². The third kappa shape index (κ3) is 11.3. The number of rotatable bonds is 4. The average molecular weight is 831 g/mol. The predicted molar refractivity (Wildman–Crippen MR) is 222 cm³/mol. The SMILES string of the molecule is CC[C@H](C)[C@H]1C(=O)N2CCC[C@H]2C(=O)O[C@H](C(C)(C)C)C[C@@H](C)C[C@H](O)[C@H](C)C(=O)N2CCC(CC2)C(=O)N[C@@H](Cc2ccc(Cl)cc2)C(=O)N(C)[C@@H](C)C(=O)N1C. The summed E-state index contributed by atoms with van der Waals surface area (Å²) in [6.07, 6.45) is 1.81. The molecule has 9 atom stereocenters. The first-order valence-electron chi connectivity index (χ1n) is 21.2. The van der Waals surface area contributed by atoms with Gasteiger partial charge < -0.3 is 34.8 Å². The highest BCUT2D eigenvalue weighted by Crippen LogP contribution is 2.33. The first-order valence-corrected chi connectivity index (χ1v) is 21.6. The number of hydrogen-bond acceptors (Lipinski definition) is 8. The molecule has 0 saturated carbocycles. The van der Waals surface area contributed by atoms with Crippen molar-refractivity contribution in [1.82, 2.24) is 24.9 Å². The third-order valence-corrected chi connectivity index (χ3v) is 13.1. The summed E-state index contributed by atoms with van der Waals surface area (Å²) in [5.74, 6) is -3.81. The van der Waals surface area contributed by atoms with Crippen molar-refractivity contribution in [2.75, 3.05) is 33.7 Å². The van der Waals surface area contributed by atoms with Crippen LogP contribution in [0.3, 0.4) is 0 Å². The van der Waals surface area contributed by atoms with Crippen molar-refractivity contribution in [2.45, 2.75) is 143 Å². The molecule has 0 unspecified atom stereocenters. The molecule has 4 saturated heterocycles. The minimum atomic E-state index is -1.02. The average Bonchev–Trinajstić information content (AvgIpc) is 3.69. The molecule has 4 fully saturated rings. The zero-order valence-corrected chi connectivity index (χ0v) is 37.1. The zero-order valence-electron chi connectivity index (χ0n) is 36.3. The number of fused-ring (bicyclic) bond motifs is 19. The van der Waals surface area contributed by atoms with Gasteiger partial charge in [-0.3, -0.25) is 24.0 Å². The number of hydrogen-bond donors (Lipinski definition) is 2. The molecule has 324 valence electrons. The predicted octanol–water partition coefficient (Wildman–Crippen LogP) is 4.70. The Morgan fingerprint density at radius 1 is 0.862 bits per heavy atom. The Labute approximate surface area is 350 Å². The van der Waals surface area contributed by atoms with Gasteiger partial charge in [0.2, 0.25) is 29.5 Å². The fourth-order valence-corrected chi connectivity index (χ4v) is 8.66. The Morgan fingerprint density at radius 3 is 2.07 bits per heavy atom. The number of carbonyl (C=O) groups excluding carboxylic acids is 6. The second-order valence-electron chi connectivity index (χ2n) is 18.3. The summed E-state index contributed by atoms with van der Waals surface area (Å²) in [4.78, 5) is 90.6. The van der Waals surface area contributed by atoms with Crippen molar-refractivity contribution in [3.63, 3.8) is 0 Å². The van der Waals surface area contributed by atoms with Crippen molar-refractivity contribution in [3.8, 4) is 0 Å². The molecule has 1 aromatic carbocycles. The number of nitrogens with one attached hydrogen (secondary N) is 1. The summed E-state index contributed by atoms with van der Waals surface area (Å²) in [5.41, 5.74) is 0.303. The van der Waals surface area contributed by atoms with E-state index in [0.717, 1.165) is 5.56 Å². The number of piperidine rings is 1. The molecule has 4 aliphatic rings. The highest BCUT2D eigenvalue weighted by atomic mass is 35.5. The van der Waals surface area contributed by atoms with Crippen LogP contribution in [-0.2, 0) is 39.9 Å². The van der Waals surface area contributed by atoms with Crippen LogP contribution in [0.4, 0.5) is 0 Å². The molecule has 5 rings (SSSR count). The Balaban J connectivity index is 1.70. The third-order valence-electron chi connectivity index (χ3n) is 12.9. The van der Waals surface area contributed by atoms with Crippen LogP contribution in [0, 0.1) is 29.1 Å². The minimum absolute atomic E-state index is 0.106. The molecule has 2 bridgehead atoms. The van der Waals surface area contributed by atoms with E-state index in [-0.39, 0.29) is 36.0 Å². The Hall–Kier alpha value is -3.71. The standard InChI is InChI=1S/C44H68ClN5O8/c1-11-27(3)37-42(56)50-20-12-13-34(50)43(57)58-36(44(6,7)8)24-26(2)23-35(51)28(4)39(53)49-21-18-31(19-22-49)38(52)46-33(25-30-14-16-32(45)17-15-30)41(55)47(9)29(5)40(54)48(37)10/h14-17,26-29,31,33-37,51H,11-13,18-25H2,1-10H3,(H,46,52)/t26-,27-,28-,29-,33-,34-,35-,36-,37-/m0/s1. The maximum absolute atomic E-state index is 14.5. The summed E-state index contributed by atoms with van der Waals surface area (Å²) >= 11 is 6.14. The normalized spacial score (nSPS) is 31.4. The van der Waals surface area contributed by atoms with E-state index in [4.69, 9.17) is 16.3 Å². The lowest BCUT2D eigenvalue weighted by molar-refractivity contribution is -0.166. The summed E-state index contributed by atoms with van der Waals surface area (Å²) < 4.78 is 6.25. The molecule has 0 radical (unpaired) electrons. The van der Waals surface area contributed by atoms with Gasteiger partial charge >= 0.3 is 5.97 Å². The first-order chi connectivity index (χ1) is 27.2. The molecule has 0 spiro atoms. The maximum Gasteiger partial charge on any atom is 0.329 e. The number of likely N-dealkylation sites (N-methyl/N-ethyl adjacent to an activating group) is 2. The van der Waals surface area contributed by atoms with Gasteiger partial charge in [0, 0.05) is 51.1 Å². The maximum atomic E-state index is 14.5. The van der Waals surface area contributed by atoms with Gasteiger partial charge in [-0.15, -0.1) is 0 Å². The van der Waals surface area contributed by atoms with E-state index < -0.39 is 71.4 Å². The first kappa shape index (κ1) is 47.0. The lowest BCUT2D eigenvalue weighted by Crippen LogP contribution is -2.59. The van der Waals surface area contributed by atoms with Crippen LogP contribution in [0.25, 0.3) is 0 Å². The molecule has 5 amide bonds. The van der Waals surface area contributed by atoms with Crippen molar-refractivity contribution in [1.29, 1.82) is 0 Å². The summed E-state index contributed by atoms with van der Waals surface area (Å²) in [6, 6.07) is 3.22. The van der Waals surface area contributed by atoms with Crippen molar-refractivity contribution >= 4 is 47.1 Å². The van der Waals surface area contributed by atoms with Crippen molar-refractivity contribution < 1.29 is 38.6 Å². The van der Waals surface area contributed by atoms with E-state index in [2.05, 4.69) is 5.32 Å². The van der Waals surface area contributed by atoms with Crippen LogP contribution in [0.1, 0.15) is 106 Å². The molecule has 58 heavy (non-hydrogen) atoms. The number of amides is 5. The number of halogens is 1. The number of aliphatic hydroxyl groups is 1. The van der Waals surface area contributed by atoms with Gasteiger partial charge in [-0.2, -0.15) is 0 Å². The van der Waals surface area contributed by atoms with Gasteiger partial charge in [0.15, 0.2) is 0 Å².